The SMILES string of the molecule is CC(C)C[C@@H](C=O)NC(=O)[C@H](Cc1c[nH]cn1)NC(=O)[C@H](Cc1ccccc1)NC(=O)CCSSc1ncccc1[N+](=O)[O-]. The molecule has 0 aliphatic rings. The van der Waals surface area contributed by atoms with Crippen molar-refractivity contribution in [3.8, 4) is 0 Å². The molecule has 44 heavy (non-hydrogen) atoms. The van der Waals surface area contributed by atoms with E-state index < -0.39 is 40.8 Å². The highest BCUT2D eigenvalue weighted by Crippen LogP contribution is 2.35. The summed E-state index contributed by atoms with van der Waals surface area (Å²) in [6.45, 7) is 3.87. The zero-order valence-corrected chi connectivity index (χ0v) is 25.9. The summed E-state index contributed by atoms with van der Waals surface area (Å²) in [5, 5.41) is 19.7. The van der Waals surface area contributed by atoms with E-state index in [2.05, 4.69) is 30.9 Å². The number of aromatic amines is 1. The third-order valence-electron chi connectivity index (χ3n) is 6.25. The Kier molecular flexibility index (Phi) is 13.8. The molecule has 3 aromatic rings. The van der Waals surface area contributed by atoms with Crippen molar-refractivity contribution in [1.29, 1.82) is 0 Å². The van der Waals surface area contributed by atoms with Gasteiger partial charge in [0.05, 0.1) is 23.0 Å². The minimum Gasteiger partial charge on any atom is -0.351 e. The summed E-state index contributed by atoms with van der Waals surface area (Å²) in [5.74, 6) is -1.06. The van der Waals surface area contributed by atoms with E-state index in [1.165, 1.54) is 35.5 Å². The van der Waals surface area contributed by atoms with Crippen molar-refractivity contribution in [2.24, 2.45) is 5.92 Å². The first-order valence-corrected chi connectivity index (χ1v) is 16.2. The monoisotopic (exact) mass is 641 g/mol. The van der Waals surface area contributed by atoms with E-state index in [0.717, 1.165) is 16.4 Å². The first-order chi connectivity index (χ1) is 21.2. The van der Waals surface area contributed by atoms with Gasteiger partial charge in [-0.15, -0.1) is 0 Å². The molecule has 0 fully saturated rings. The Bertz CT molecular complexity index is 1390. The Morgan fingerprint density at radius 3 is 2.39 bits per heavy atom. The molecule has 0 bridgehead atoms. The van der Waals surface area contributed by atoms with Crippen molar-refractivity contribution in [3.63, 3.8) is 0 Å². The zero-order chi connectivity index (χ0) is 31.9. The van der Waals surface area contributed by atoms with E-state index in [-0.39, 0.29) is 35.9 Å². The van der Waals surface area contributed by atoms with Crippen LogP contribution in [0.25, 0.3) is 0 Å². The summed E-state index contributed by atoms with van der Waals surface area (Å²) < 4.78 is 0. The third kappa shape index (κ3) is 11.4. The highest BCUT2D eigenvalue weighted by Gasteiger charge is 2.29. The van der Waals surface area contributed by atoms with Crippen LogP contribution in [-0.4, -0.2) is 67.8 Å². The molecular weight excluding hydrogens is 606 g/mol. The second-order valence-electron chi connectivity index (χ2n) is 10.3. The summed E-state index contributed by atoms with van der Waals surface area (Å²) in [7, 11) is 2.33. The van der Waals surface area contributed by atoms with Crippen LogP contribution in [0, 0.1) is 16.0 Å². The number of rotatable bonds is 18. The topological polar surface area (TPSA) is 189 Å². The number of H-pyrrole nitrogens is 1. The fourth-order valence-corrected chi connectivity index (χ4v) is 6.19. The van der Waals surface area contributed by atoms with Gasteiger partial charge < -0.3 is 25.7 Å². The van der Waals surface area contributed by atoms with Crippen LogP contribution in [0.3, 0.4) is 0 Å². The van der Waals surface area contributed by atoms with Crippen LogP contribution in [0.5, 0.6) is 0 Å². The lowest BCUT2D eigenvalue weighted by Crippen LogP contribution is -2.56. The van der Waals surface area contributed by atoms with Crippen LogP contribution < -0.4 is 16.0 Å². The van der Waals surface area contributed by atoms with Gasteiger partial charge in [-0.3, -0.25) is 24.5 Å². The third-order valence-corrected chi connectivity index (χ3v) is 8.54. The van der Waals surface area contributed by atoms with Crippen molar-refractivity contribution in [2.45, 2.75) is 62.7 Å². The maximum atomic E-state index is 13.6. The zero-order valence-electron chi connectivity index (χ0n) is 24.3. The van der Waals surface area contributed by atoms with Crippen LogP contribution in [0.1, 0.15) is 37.9 Å². The van der Waals surface area contributed by atoms with Gasteiger partial charge in [-0.1, -0.05) is 55.0 Å². The van der Waals surface area contributed by atoms with Gasteiger partial charge in [0.25, 0.3) is 0 Å². The number of carbonyl (C=O) groups excluding carboxylic acids is 4. The van der Waals surface area contributed by atoms with Crippen LogP contribution in [0.4, 0.5) is 5.69 Å². The molecular formula is C29H35N7O6S2. The number of amides is 3. The largest absolute Gasteiger partial charge is 0.351 e. The number of nitrogens with one attached hydrogen (secondary N) is 4. The van der Waals surface area contributed by atoms with E-state index in [9.17, 15) is 29.3 Å². The second kappa shape index (κ2) is 17.8. The molecule has 2 heterocycles. The molecule has 0 saturated heterocycles. The standard InChI is InChI=1S/C29H35N7O6S2/c1-19(2)13-22(17-37)33-27(39)24(15-21-16-30-18-32-21)35-28(40)23(14-20-7-4-3-5-8-20)34-26(38)10-12-43-44-29-25(36(41)42)9-6-11-31-29/h3-9,11,16-19,22-24H,10,12-15H2,1-2H3,(H,30,32)(H,33,39)(H,34,38)(H,35,40)/t22-,23-,24-/m0/s1. The minimum atomic E-state index is -1.06. The Morgan fingerprint density at radius 2 is 1.73 bits per heavy atom. The number of aromatic nitrogens is 3. The maximum Gasteiger partial charge on any atom is 0.302 e. The summed E-state index contributed by atoms with van der Waals surface area (Å²) in [5.41, 5.74) is 1.21. The smallest absolute Gasteiger partial charge is 0.302 e. The Hall–Kier alpha value is -4.24. The second-order valence-corrected chi connectivity index (χ2v) is 12.7. The summed E-state index contributed by atoms with van der Waals surface area (Å²) in [6, 6.07) is 9.18. The summed E-state index contributed by atoms with van der Waals surface area (Å²) in [4.78, 5) is 73.1. The molecule has 0 aliphatic heterocycles. The molecule has 2 aromatic heterocycles. The molecule has 3 rings (SSSR count). The lowest BCUT2D eigenvalue weighted by atomic mass is 10.0. The number of aldehydes is 1. The lowest BCUT2D eigenvalue weighted by Gasteiger charge is -2.24. The number of benzene rings is 1. The molecule has 0 spiro atoms. The molecule has 1 aromatic carbocycles. The van der Waals surface area contributed by atoms with Gasteiger partial charge >= 0.3 is 5.69 Å². The molecule has 0 aliphatic carbocycles. The fraction of sp³-hybridized carbons (Fsp3) is 0.379. The lowest BCUT2D eigenvalue weighted by molar-refractivity contribution is -0.388. The van der Waals surface area contributed by atoms with Gasteiger partial charge in [0.1, 0.15) is 18.4 Å². The minimum absolute atomic E-state index is 0.0320. The number of pyridine rings is 1. The van der Waals surface area contributed by atoms with Crippen molar-refractivity contribution >= 4 is 51.3 Å². The average Bonchev–Trinajstić information content (AvgIpc) is 3.52. The van der Waals surface area contributed by atoms with Crippen LogP contribution >= 0.6 is 21.6 Å². The van der Waals surface area contributed by atoms with Gasteiger partial charge in [0, 0.05) is 43.5 Å². The van der Waals surface area contributed by atoms with Crippen molar-refractivity contribution in [3.05, 3.63) is 82.6 Å². The quantitative estimate of drug-likeness (QED) is 0.0528. The van der Waals surface area contributed by atoms with Crippen LogP contribution in [0.2, 0.25) is 0 Å². The summed E-state index contributed by atoms with van der Waals surface area (Å²) >= 11 is 0. The Morgan fingerprint density at radius 1 is 1.00 bits per heavy atom. The van der Waals surface area contributed by atoms with E-state index in [0.29, 0.717) is 24.2 Å². The van der Waals surface area contributed by atoms with Gasteiger partial charge in [-0.2, -0.15) is 0 Å². The van der Waals surface area contributed by atoms with E-state index in [1.54, 1.807) is 6.20 Å². The van der Waals surface area contributed by atoms with Crippen molar-refractivity contribution < 1.29 is 24.1 Å². The maximum absolute atomic E-state index is 13.6. The molecule has 0 unspecified atom stereocenters. The predicted molar refractivity (Wildman–Crippen MR) is 168 cm³/mol. The Labute approximate surface area is 262 Å². The molecule has 13 nitrogen and oxygen atoms in total. The number of nitrogens with zero attached hydrogens (tertiary/aromatic N) is 3. The number of nitro groups is 1. The Balaban J connectivity index is 1.68. The molecule has 4 N–H and O–H groups in total. The van der Waals surface area contributed by atoms with E-state index in [4.69, 9.17) is 0 Å². The first-order valence-electron chi connectivity index (χ1n) is 13.9. The highest BCUT2D eigenvalue weighted by atomic mass is 33.1. The van der Waals surface area contributed by atoms with Crippen LogP contribution in [-0.2, 0) is 32.0 Å². The molecule has 0 saturated carbocycles. The summed E-state index contributed by atoms with van der Waals surface area (Å²) in [6.07, 6.45) is 5.90. The first kappa shape index (κ1) is 34.3. The molecule has 3 atom stereocenters. The highest BCUT2D eigenvalue weighted by molar-refractivity contribution is 8.76. The normalized spacial score (nSPS) is 13.0. The molecule has 234 valence electrons. The van der Waals surface area contributed by atoms with E-state index in [1.807, 2.05) is 44.2 Å². The number of hydrogen-bond donors (Lipinski definition) is 4. The van der Waals surface area contributed by atoms with Gasteiger partial charge in [0.15, 0.2) is 5.03 Å². The van der Waals surface area contributed by atoms with Gasteiger partial charge in [-0.05, 0) is 34.8 Å². The van der Waals surface area contributed by atoms with Crippen molar-refractivity contribution in [2.75, 3.05) is 5.75 Å². The van der Waals surface area contributed by atoms with Gasteiger partial charge in [-0.25, -0.2) is 9.97 Å². The number of hydrogen-bond acceptors (Lipinski definition) is 10. The number of carbonyl (C=O) groups is 4. The van der Waals surface area contributed by atoms with Gasteiger partial charge in [0.2, 0.25) is 17.7 Å². The molecule has 0 radical (unpaired) electrons. The van der Waals surface area contributed by atoms with Crippen molar-refractivity contribution in [1.82, 2.24) is 30.9 Å². The van der Waals surface area contributed by atoms with Crippen LogP contribution in [0.15, 0.2) is 66.2 Å². The molecule has 3 amide bonds. The fourth-order valence-electron chi connectivity index (χ4n) is 4.18. The predicted octanol–water partition coefficient (Wildman–Crippen LogP) is 3.03. The average molecular weight is 642 g/mol. The van der Waals surface area contributed by atoms with E-state index >= 15 is 0 Å². The molecule has 15 heteroatoms. The number of imidazole rings is 1.